The molecule has 1 aliphatic rings. The van der Waals surface area contributed by atoms with Crippen molar-refractivity contribution in [3.63, 3.8) is 0 Å². The molecule has 1 aliphatic carbocycles. The van der Waals surface area contributed by atoms with Crippen LogP contribution >= 0.6 is 0 Å². The van der Waals surface area contributed by atoms with Gasteiger partial charge in [0, 0.05) is 18.4 Å². The summed E-state index contributed by atoms with van der Waals surface area (Å²) < 4.78 is 6.73. The van der Waals surface area contributed by atoms with Crippen molar-refractivity contribution in [1.29, 1.82) is 0 Å². The van der Waals surface area contributed by atoms with Crippen LogP contribution in [-0.4, -0.2) is 23.5 Å². The number of aromatic nitrogens is 1. The van der Waals surface area contributed by atoms with Crippen molar-refractivity contribution < 1.29 is 9.53 Å². The van der Waals surface area contributed by atoms with E-state index in [9.17, 15) is 9.59 Å². The van der Waals surface area contributed by atoms with Crippen LogP contribution in [0.5, 0.6) is 0 Å². The largest absolute Gasteiger partial charge is 0.462 e. The van der Waals surface area contributed by atoms with Crippen molar-refractivity contribution in [3.05, 3.63) is 69.6 Å². The topological polar surface area (TPSA) is 59.8 Å². The molecule has 4 rings (SSSR count). The van der Waals surface area contributed by atoms with Crippen molar-refractivity contribution in [2.75, 3.05) is 18.5 Å². The second-order valence-electron chi connectivity index (χ2n) is 7.50. The predicted octanol–water partition coefficient (Wildman–Crippen LogP) is 4.76. The van der Waals surface area contributed by atoms with Crippen molar-refractivity contribution in [2.24, 2.45) is 0 Å². The smallest absolute Gasteiger partial charge is 0.343 e. The van der Waals surface area contributed by atoms with Crippen LogP contribution in [0.15, 0.2) is 47.4 Å². The maximum Gasteiger partial charge on any atom is 0.343 e. The van der Waals surface area contributed by atoms with Gasteiger partial charge in [0.15, 0.2) is 0 Å². The van der Waals surface area contributed by atoms with E-state index >= 15 is 0 Å². The Bertz CT molecular complexity index is 1140. The number of fused-ring (bicyclic) bond motifs is 1. The molecule has 3 aromatic rings. The average molecular weight is 390 g/mol. The first kappa shape index (κ1) is 19.2. The van der Waals surface area contributed by atoms with E-state index in [0.29, 0.717) is 5.92 Å². The van der Waals surface area contributed by atoms with Crippen LogP contribution in [0.1, 0.15) is 54.1 Å². The van der Waals surface area contributed by atoms with E-state index in [1.165, 1.54) is 0 Å². The molecule has 0 unspecified atom stereocenters. The Morgan fingerprint density at radius 2 is 2.00 bits per heavy atom. The van der Waals surface area contributed by atoms with Crippen LogP contribution < -0.4 is 10.9 Å². The minimum absolute atomic E-state index is 0.118. The molecule has 0 radical (unpaired) electrons. The highest BCUT2D eigenvalue weighted by Crippen LogP contribution is 2.43. The molecule has 5 nitrogen and oxygen atoms in total. The maximum atomic E-state index is 13.0. The van der Waals surface area contributed by atoms with E-state index in [4.69, 9.17) is 4.74 Å². The zero-order valence-corrected chi connectivity index (χ0v) is 17.1. The van der Waals surface area contributed by atoms with E-state index in [1.807, 2.05) is 12.1 Å². The Hall–Kier alpha value is -3.08. The van der Waals surface area contributed by atoms with Crippen molar-refractivity contribution in [2.45, 2.75) is 39.5 Å². The van der Waals surface area contributed by atoms with Crippen LogP contribution in [0.2, 0.25) is 0 Å². The lowest BCUT2D eigenvalue weighted by Gasteiger charge is -2.16. The first-order chi connectivity index (χ1) is 14.0. The van der Waals surface area contributed by atoms with Gasteiger partial charge in [-0.2, -0.15) is 0 Å². The third-order valence-electron chi connectivity index (χ3n) is 5.48. The summed E-state index contributed by atoms with van der Waals surface area (Å²) in [4.78, 5) is 25.4. The average Bonchev–Trinajstić information content (AvgIpc) is 3.54. The van der Waals surface area contributed by atoms with Gasteiger partial charge in [-0.1, -0.05) is 12.1 Å². The summed E-state index contributed by atoms with van der Waals surface area (Å²) >= 11 is 0. The summed E-state index contributed by atoms with van der Waals surface area (Å²) in [5.74, 6) is -0.158. The number of hydrogen-bond acceptors (Lipinski definition) is 4. The van der Waals surface area contributed by atoms with Crippen LogP contribution in [0.4, 0.5) is 5.69 Å². The summed E-state index contributed by atoms with van der Waals surface area (Å²) in [6.07, 6.45) is 3.94. The number of aryl methyl sites for hydroxylation is 1. The van der Waals surface area contributed by atoms with Gasteiger partial charge in [0.25, 0.3) is 5.56 Å². The molecule has 0 aliphatic heterocycles. The Morgan fingerprint density at radius 1 is 1.21 bits per heavy atom. The molecular formula is C24H26N2O3. The number of carbonyl (C=O) groups is 1. The Balaban J connectivity index is 1.93. The van der Waals surface area contributed by atoms with E-state index < -0.39 is 5.97 Å². The lowest BCUT2D eigenvalue weighted by atomic mass is 9.96. The number of nitrogens with zero attached hydrogens (tertiary/aromatic N) is 1. The minimum atomic E-state index is -0.547. The summed E-state index contributed by atoms with van der Waals surface area (Å²) in [5.41, 5.74) is 6.09. The van der Waals surface area contributed by atoms with Gasteiger partial charge in [-0.25, -0.2) is 4.79 Å². The minimum Gasteiger partial charge on any atom is -0.462 e. The molecule has 1 fully saturated rings. The zero-order valence-electron chi connectivity index (χ0n) is 17.1. The SMILES string of the molecule is CCNc1cccc(-c2ccn3c(=O)c(C(=O)OCC)cc(C4CC4)c3c2C)c1. The first-order valence-electron chi connectivity index (χ1n) is 10.3. The van der Waals surface area contributed by atoms with Crippen molar-refractivity contribution in [1.82, 2.24) is 4.40 Å². The molecule has 150 valence electrons. The molecule has 0 amide bonds. The summed E-state index contributed by atoms with van der Waals surface area (Å²) in [6.45, 7) is 6.98. The van der Waals surface area contributed by atoms with E-state index in [-0.39, 0.29) is 17.7 Å². The van der Waals surface area contributed by atoms with Crippen LogP contribution in [0, 0.1) is 6.92 Å². The lowest BCUT2D eigenvalue weighted by Crippen LogP contribution is -2.25. The predicted molar refractivity (Wildman–Crippen MR) is 116 cm³/mol. The maximum absolute atomic E-state index is 13.0. The molecule has 0 saturated heterocycles. The number of benzene rings is 1. The molecule has 0 spiro atoms. The molecule has 0 atom stereocenters. The highest BCUT2D eigenvalue weighted by atomic mass is 16.5. The fraction of sp³-hybridized carbons (Fsp3) is 0.333. The van der Waals surface area contributed by atoms with Gasteiger partial charge >= 0.3 is 5.97 Å². The number of nitrogens with one attached hydrogen (secondary N) is 1. The van der Waals surface area contributed by atoms with Crippen LogP contribution in [-0.2, 0) is 4.74 Å². The number of ether oxygens (including phenoxy) is 1. The van der Waals surface area contributed by atoms with Gasteiger partial charge < -0.3 is 10.1 Å². The second-order valence-corrected chi connectivity index (χ2v) is 7.50. The number of anilines is 1. The molecule has 29 heavy (non-hydrogen) atoms. The number of rotatable bonds is 6. The highest BCUT2D eigenvalue weighted by molar-refractivity contribution is 5.91. The van der Waals surface area contributed by atoms with Gasteiger partial charge in [0.1, 0.15) is 5.56 Å². The number of carbonyl (C=O) groups excluding carboxylic acids is 1. The first-order valence-corrected chi connectivity index (χ1v) is 10.3. The molecule has 1 N–H and O–H groups in total. The quantitative estimate of drug-likeness (QED) is 0.617. The molecule has 0 bridgehead atoms. The van der Waals surface area contributed by atoms with E-state index in [2.05, 4.69) is 37.4 Å². The van der Waals surface area contributed by atoms with Crippen LogP contribution in [0.3, 0.4) is 0 Å². The highest BCUT2D eigenvalue weighted by Gasteiger charge is 2.29. The zero-order chi connectivity index (χ0) is 20.5. The standard InChI is InChI=1S/C24H26N2O3/c1-4-25-18-8-6-7-17(13-18)19-11-12-26-22(15(19)3)20(16-9-10-16)14-21(23(26)27)24(28)29-5-2/h6-8,11-14,16,25H,4-5,9-10H2,1-3H3. The molecular weight excluding hydrogens is 364 g/mol. The van der Waals surface area contributed by atoms with Gasteiger partial charge in [-0.15, -0.1) is 0 Å². The number of hydrogen-bond donors (Lipinski definition) is 1. The summed E-state index contributed by atoms with van der Waals surface area (Å²) in [6, 6.07) is 12.0. The molecule has 2 heterocycles. The van der Waals surface area contributed by atoms with E-state index in [0.717, 1.165) is 52.8 Å². The Kier molecular flexibility index (Phi) is 5.14. The lowest BCUT2D eigenvalue weighted by molar-refractivity contribution is 0.0524. The Labute approximate surface area is 170 Å². The van der Waals surface area contributed by atoms with Gasteiger partial charge in [0.05, 0.1) is 12.1 Å². The summed E-state index contributed by atoms with van der Waals surface area (Å²) in [7, 11) is 0. The summed E-state index contributed by atoms with van der Waals surface area (Å²) in [5, 5.41) is 3.35. The fourth-order valence-corrected chi connectivity index (χ4v) is 3.97. The van der Waals surface area contributed by atoms with Crippen molar-refractivity contribution >= 4 is 17.2 Å². The van der Waals surface area contributed by atoms with Crippen molar-refractivity contribution in [3.8, 4) is 11.1 Å². The Morgan fingerprint density at radius 3 is 2.69 bits per heavy atom. The molecule has 2 aromatic heterocycles. The third-order valence-corrected chi connectivity index (χ3v) is 5.48. The van der Waals surface area contributed by atoms with E-state index in [1.54, 1.807) is 23.6 Å². The van der Waals surface area contributed by atoms with Gasteiger partial charge in [0.2, 0.25) is 0 Å². The van der Waals surface area contributed by atoms with Crippen LogP contribution in [0.25, 0.3) is 16.6 Å². The normalized spacial score (nSPS) is 13.5. The van der Waals surface area contributed by atoms with Gasteiger partial charge in [-0.3, -0.25) is 9.20 Å². The van der Waals surface area contributed by atoms with Gasteiger partial charge in [-0.05, 0) is 86.1 Å². The second kappa shape index (κ2) is 7.74. The molecule has 1 aromatic carbocycles. The monoisotopic (exact) mass is 390 g/mol. The number of pyridine rings is 2. The number of esters is 1. The molecule has 1 saturated carbocycles. The molecule has 5 heteroatoms. The fourth-order valence-electron chi connectivity index (χ4n) is 3.97. The third kappa shape index (κ3) is 3.53.